The highest BCUT2D eigenvalue weighted by molar-refractivity contribution is 7.92. The Morgan fingerprint density at radius 3 is 2.34 bits per heavy atom. The molecule has 1 unspecified atom stereocenters. The number of nitrogens with one attached hydrogen (secondary N) is 1. The Hall–Kier alpha value is -3.40. The van der Waals surface area contributed by atoms with Crippen molar-refractivity contribution in [3.05, 3.63) is 65.8 Å². The molecule has 10 heteroatoms. The van der Waals surface area contributed by atoms with E-state index in [2.05, 4.69) is 14.9 Å². The van der Waals surface area contributed by atoms with Gasteiger partial charge in [0.25, 0.3) is 15.9 Å². The van der Waals surface area contributed by atoms with Crippen molar-refractivity contribution in [2.24, 2.45) is 0 Å². The SMILES string of the molecule is COc1ccccc1NS(=O)(=O)c1ccc(C(=O)OC(C)c2nc(C(C)(C)C)no2)cc1. The standard InChI is InChI=1S/C22H25N3O6S/c1-14(19-23-21(24-31-19)22(2,3)4)30-20(26)15-10-12-16(13-11-15)32(27,28)25-17-8-6-7-9-18(17)29-5/h6-14,25H,1-5H3. The van der Waals surface area contributed by atoms with Crippen molar-refractivity contribution in [1.29, 1.82) is 0 Å². The number of carbonyl (C=O) groups excluding carboxylic acids is 1. The van der Waals surface area contributed by atoms with E-state index in [1.165, 1.54) is 31.4 Å². The van der Waals surface area contributed by atoms with E-state index in [1.54, 1.807) is 31.2 Å². The number of aromatic nitrogens is 2. The van der Waals surface area contributed by atoms with E-state index in [9.17, 15) is 13.2 Å². The molecular formula is C22H25N3O6S. The zero-order valence-electron chi connectivity index (χ0n) is 18.4. The lowest BCUT2D eigenvalue weighted by Gasteiger charge is -2.13. The Kier molecular flexibility index (Phi) is 6.54. The summed E-state index contributed by atoms with van der Waals surface area (Å²) >= 11 is 0. The van der Waals surface area contributed by atoms with Crippen molar-refractivity contribution in [2.45, 2.75) is 44.1 Å². The molecular weight excluding hydrogens is 434 g/mol. The summed E-state index contributed by atoms with van der Waals surface area (Å²) in [7, 11) is -2.43. The molecule has 0 radical (unpaired) electrons. The summed E-state index contributed by atoms with van der Waals surface area (Å²) in [6.07, 6.45) is -0.762. The van der Waals surface area contributed by atoms with Gasteiger partial charge in [0.05, 0.1) is 23.3 Å². The molecule has 3 rings (SSSR count). The third-order valence-corrected chi connectivity index (χ3v) is 5.88. The third-order valence-electron chi connectivity index (χ3n) is 4.50. The summed E-state index contributed by atoms with van der Waals surface area (Å²) < 4.78 is 43.6. The third kappa shape index (κ3) is 5.25. The second-order valence-electron chi connectivity index (χ2n) is 8.08. The lowest BCUT2D eigenvalue weighted by Crippen LogP contribution is -2.15. The van der Waals surface area contributed by atoms with E-state index in [-0.39, 0.29) is 21.8 Å². The van der Waals surface area contributed by atoms with Crippen molar-refractivity contribution in [2.75, 3.05) is 11.8 Å². The van der Waals surface area contributed by atoms with Crippen LogP contribution in [0.4, 0.5) is 5.69 Å². The summed E-state index contributed by atoms with van der Waals surface area (Å²) in [4.78, 5) is 16.7. The minimum Gasteiger partial charge on any atom is -0.495 e. The number of benzene rings is 2. The van der Waals surface area contributed by atoms with Crippen molar-refractivity contribution in [3.63, 3.8) is 0 Å². The van der Waals surface area contributed by atoms with Gasteiger partial charge in [-0.3, -0.25) is 4.72 Å². The lowest BCUT2D eigenvalue weighted by molar-refractivity contribution is 0.0265. The number of ether oxygens (including phenoxy) is 2. The zero-order valence-corrected chi connectivity index (χ0v) is 19.3. The monoisotopic (exact) mass is 459 g/mol. The molecule has 0 fully saturated rings. The van der Waals surface area contributed by atoms with Crippen LogP contribution >= 0.6 is 0 Å². The molecule has 0 aliphatic rings. The predicted octanol–water partition coefficient (Wildman–Crippen LogP) is 4.09. The van der Waals surface area contributed by atoms with Crippen molar-refractivity contribution < 1.29 is 27.2 Å². The smallest absolute Gasteiger partial charge is 0.338 e. The first-order valence-corrected chi connectivity index (χ1v) is 11.3. The summed E-state index contributed by atoms with van der Waals surface area (Å²) in [6.45, 7) is 7.44. The Balaban J connectivity index is 1.70. The van der Waals surface area contributed by atoms with Crippen LogP contribution in [-0.2, 0) is 20.2 Å². The number of esters is 1. The Morgan fingerprint density at radius 1 is 1.09 bits per heavy atom. The predicted molar refractivity (Wildman–Crippen MR) is 117 cm³/mol. The number of sulfonamides is 1. The van der Waals surface area contributed by atoms with E-state index in [4.69, 9.17) is 14.0 Å². The number of para-hydroxylation sites is 2. The van der Waals surface area contributed by atoms with Gasteiger partial charge >= 0.3 is 5.97 Å². The fraction of sp³-hybridized carbons (Fsp3) is 0.318. The fourth-order valence-corrected chi connectivity index (χ4v) is 3.76. The van der Waals surface area contributed by atoms with Crippen molar-refractivity contribution in [3.8, 4) is 5.75 Å². The number of hydrogen-bond acceptors (Lipinski definition) is 8. The second kappa shape index (κ2) is 8.99. The molecule has 170 valence electrons. The Morgan fingerprint density at radius 2 is 1.75 bits per heavy atom. The number of methoxy groups -OCH3 is 1. The lowest BCUT2D eigenvalue weighted by atomic mass is 9.96. The topological polar surface area (TPSA) is 121 Å². The van der Waals surface area contributed by atoms with Crippen LogP contribution in [0.2, 0.25) is 0 Å². The molecule has 9 nitrogen and oxygen atoms in total. The molecule has 0 bridgehead atoms. The number of hydrogen-bond donors (Lipinski definition) is 1. The van der Waals surface area contributed by atoms with Gasteiger partial charge in [-0.2, -0.15) is 4.98 Å². The molecule has 0 saturated heterocycles. The van der Waals surface area contributed by atoms with E-state index >= 15 is 0 Å². The number of nitrogens with zero attached hydrogens (tertiary/aromatic N) is 2. The van der Waals surface area contributed by atoms with Crippen LogP contribution in [0.3, 0.4) is 0 Å². The summed E-state index contributed by atoms with van der Waals surface area (Å²) in [5.74, 6) is 0.437. The van der Waals surface area contributed by atoms with Crippen molar-refractivity contribution in [1.82, 2.24) is 10.1 Å². The highest BCUT2D eigenvalue weighted by Crippen LogP contribution is 2.27. The molecule has 0 aliphatic heterocycles. The maximum Gasteiger partial charge on any atom is 0.338 e. The Labute approximate surface area is 186 Å². The van der Waals surface area contributed by atoms with Crippen molar-refractivity contribution >= 4 is 21.7 Å². The quantitative estimate of drug-likeness (QED) is 0.524. The van der Waals surface area contributed by atoms with Crippen LogP contribution in [0.1, 0.15) is 55.9 Å². The largest absolute Gasteiger partial charge is 0.495 e. The van der Waals surface area contributed by atoms with Gasteiger partial charge < -0.3 is 14.0 Å². The summed E-state index contributed by atoms with van der Waals surface area (Å²) in [6, 6.07) is 12.1. The second-order valence-corrected chi connectivity index (χ2v) is 9.77. The average molecular weight is 460 g/mol. The fourth-order valence-electron chi connectivity index (χ4n) is 2.69. The molecule has 32 heavy (non-hydrogen) atoms. The zero-order chi connectivity index (χ0) is 23.5. The molecule has 1 heterocycles. The Bertz CT molecular complexity index is 1200. The molecule has 1 N–H and O–H groups in total. The highest BCUT2D eigenvalue weighted by atomic mass is 32.2. The van der Waals surface area contributed by atoms with Gasteiger partial charge in [-0.25, -0.2) is 13.2 Å². The molecule has 1 atom stereocenters. The summed E-state index contributed by atoms with van der Waals surface area (Å²) in [5, 5.41) is 3.91. The van der Waals surface area contributed by atoms with Gasteiger partial charge in [-0.05, 0) is 43.3 Å². The van der Waals surface area contributed by atoms with Crippen LogP contribution in [-0.4, -0.2) is 31.6 Å². The number of anilines is 1. The molecule has 1 aromatic heterocycles. The van der Waals surface area contributed by atoms with E-state index < -0.39 is 22.1 Å². The molecule has 2 aromatic carbocycles. The molecule has 0 amide bonds. The van der Waals surface area contributed by atoms with Crippen LogP contribution in [0.15, 0.2) is 57.9 Å². The van der Waals surface area contributed by atoms with E-state index in [0.717, 1.165) is 0 Å². The van der Waals surface area contributed by atoms with Crippen LogP contribution in [0.25, 0.3) is 0 Å². The van der Waals surface area contributed by atoms with Gasteiger partial charge in [-0.15, -0.1) is 0 Å². The number of carbonyl (C=O) groups is 1. The van der Waals surface area contributed by atoms with Crippen LogP contribution in [0.5, 0.6) is 5.75 Å². The van der Waals surface area contributed by atoms with Crippen LogP contribution < -0.4 is 9.46 Å². The first kappa shape index (κ1) is 23.3. The molecule has 0 spiro atoms. The first-order chi connectivity index (χ1) is 15.0. The molecule has 3 aromatic rings. The molecule has 0 saturated carbocycles. The highest BCUT2D eigenvalue weighted by Gasteiger charge is 2.25. The van der Waals surface area contributed by atoms with E-state index in [0.29, 0.717) is 17.3 Å². The normalized spacial score (nSPS) is 12.8. The van der Waals surface area contributed by atoms with Gasteiger partial charge in [-0.1, -0.05) is 38.1 Å². The molecule has 0 aliphatic carbocycles. The maximum absolute atomic E-state index is 12.7. The van der Waals surface area contributed by atoms with Crippen LogP contribution in [0, 0.1) is 0 Å². The van der Waals surface area contributed by atoms with Gasteiger partial charge in [0.1, 0.15) is 5.75 Å². The van der Waals surface area contributed by atoms with Gasteiger partial charge in [0, 0.05) is 5.41 Å². The summed E-state index contributed by atoms with van der Waals surface area (Å²) in [5.41, 5.74) is 0.190. The van der Waals surface area contributed by atoms with Gasteiger partial charge in [0.15, 0.2) is 11.9 Å². The maximum atomic E-state index is 12.7. The van der Waals surface area contributed by atoms with E-state index in [1.807, 2.05) is 20.8 Å². The first-order valence-electron chi connectivity index (χ1n) is 9.82. The van der Waals surface area contributed by atoms with Gasteiger partial charge in [0.2, 0.25) is 0 Å². The minimum absolute atomic E-state index is 0.0141. The average Bonchev–Trinajstić information content (AvgIpc) is 3.25. The minimum atomic E-state index is -3.88. The number of rotatable bonds is 7.